The molecule has 1 N–H and O–H groups in total. The molecule has 6 rings (SSSR count). The predicted octanol–water partition coefficient (Wildman–Crippen LogP) is 2.97. The highest BCUT2D eigenvalue weighted by Crippen LogP contribution is 2.33. The number of nitrogens with one attached hydrogen (secondary N) is 1. The third kappa shape index (κ3) is 4.65. The third-order valence-electron chi connectivity index (χ3n) is 7.65. The maximum atomic E-state index is 15.2. The van der Waals surface area contributed by atoms with E-state index in [1.165, 1.54) is 16.5 Å². The minimum Gasteiger partial charge on any atom is -0.367 e. The lowest BCUT2D eigenvalue weighted by Crippen LogP contribution is -2.52. The van der Waals surface area contributed by atoms with E-state index >= 15 is 4.39 Å². The fraction of sp³-hybridized carbons (Fsp3) is 0.310. The standard InChI is InChI=1S/C29H28FN5O3/c30-24-16-23-22(18-35(29(23)38)25-4-5-27(36)32-28(25)37)15-26(24)34-12-10-33(11-13-34)17-19-2-1-3-21(14-19)20-6-8-31-9-7-20/h1-3,6-9,14-16,25H,4-5,10-13,17-18H2,(H,32,36,37). The van der Waals surface area contributed by atoms with E-state index in [1.54, 1.807) is 18.5 Å². The summed E-state index contributed by atoms with van der Waals surface area (Å²) < 4.78 is 15.2. The van der Waals surface area contributed by atoms with E-state index < -0.39 is 17.8 Å². The molecule has 2 saturated heterocycles. The average Bonchev–Trinajstić information content (AvgIpc) is 3.24. The number of aromatic nitrogens is 1. The lowest BCUT2D eigenvalue weighted by atomic mass is 10.0. The van der Waals surface area contributed by atoms with E-state index in [-0.39, 0.29) is 31.2 Å². The highest BCUT2D eigenvalue weighted by molar-refractivity contribution is 6.05. The van der Waals surface area contributed by atoms with Crippen LogP contribution in [0, 0.1) is 5.82 Å². The van der Waals surface area contributed by atoms with Gasteiger partial charge in [0.1, 0.15) is 11.9 Å². The minimum absolute atomic E-state index is 0.189. The topological polar surface area (TPSA) is 85.9 Å². The molecule has 9 heteroatoms. The fourth-order valence-corrected chi connectivity index (χ4v) is 5.62. The molecule has 0 bridgehead atoms. The first-order valence-electron chi connectivity index (χ1n) is 12.9. The van der Waals surface area contributed by atoms with Crippen LogP contribution in [-0.2, 0) is 22.7 Å². The van der Waals surface area contributed by atoms with E-state index in [2.05, 4.69) is 39.5 Å². The molecule has 0 saturated carbocycles. The molecule has 3 aliphatic heterocycles. The van der Waals surface area contributed by atoms with Crippen LogP contribution in [-0.4, -0.2) is 64.7 Å². The van der Waals surface area contributed by atoms with Gasteiger partial charge in [-0.25, -0.2) is 4.39 Å². The van der Waals surface area contributed by atoms with Crippen LogP contribution in [0.15, 0.2) is 60.9 Å². The summed E-state index contributed by atoms with van der Waals surface area (Å²) in [5.41, 5.74) is 5.01. The van der Waals surface area contributed by atoms with Crippen molar-refractivity contribution in [1.82, 2.24) is 20.1 Å². The zero-order chi connectivity index (χ0) is 26.2. The Morgan fingerprint density at radius 1 is 0.947 bits per heavy atom. The van der Waals surface area contributed by atoms with Crippen molar-refractivity contribution in [2.75, 3.05) is 31.1 Å². The van der Waals surface area contributed by atoms with Crippen LogP contribution < -0.4 is 10.2 Å². The molecule has 1 aromatic heterocycles. The highest BCUT2D eigenvalue weighted by Gasteiger charge is 2.40. The third-order valence-corrected chi connectivity index (χ3v) is 7.65. The largest absolute Gasteiger partial charge is 0.367 e. The Morgan fingerprint density at radius 2 is 1.74 bits per heavy atom. The summed E-state index contributed by atoms with van der Waals surface area (Å²) in [5.74, 6) is -1.59. The zero-order valence-electron chi connectivity index (χ0n) is 20.9. The van der Waals surface area contributed by atoms with Gasteiger partial charge in [0, 0.05) is 63.6 Å². The number of hydrogen-bond acceptors (Lipinski definition) is 6. The fourth-order valence-electron chi connectivity index (χ4n) is 5.62. The number of carbonyl (C=O) groups is 3. The molecule has 3 aromatic rings. The van der Waals surface area contributed by atoms with Crippen molar-refractivity contribution in [2.24, 2.45) is 0 Å². The second-order valence-corrected chi connectivity index (χ2v) is 10.1. The van der Waals surface area contributed by atoms with Crippen molar-refractivity contribution in [1.29, 1.82) is 0 Å². The van der Waals surface area contributed by atoms with Gasteiger partial charge in [-0.2, -0.15) is 0 Å². The van der Waals surface area contributed by atoms with Crippen LogP contribution in [0.5, 0.6) is 0 Å². The first-order valence-corrected chi connectivity index (χ1v) is 12.9. The van der Waals surface area contributed by atoms with Crippen molar-refractivity contribution in [3.63, 3.8) is 0 Å². The zero-order valence-corrected chi connectivity index (χ0v) is 20.9. The van der Waals surface area contributed by atoms with E-state index in [0.29, 0.717) is 29.9 Å². The van der Waals surface area contributed by atoms with E-state index in [4.69, 9.17) is 0 Å². The van der Waals surface area contributed by atoms with Gasteiger partial charge in [-0.1, -0.05) is 18.2 Å². The number of hydrogen-bond donors (Lipinski definition) is 1. The SMILES string of the molecule is O=C1CCC(N2Cc3cc(N4CCN(Cc5cccc(-c6ccncc6)c5)CC4)c(F)cc3C2=O)C(=O)N1. The monoisotopic (exact) mass is 513 g/mol. The summed E-state index contributed by atoms with van der Waals surface area (Å²) in [6.45, 7) is 3.97. The molecule has 4 heterocycles. The number of halogens is 1. The number of carbonyl (C=O) groups excluding carboxylic acids is 3. The van der Waals surface area contributed by atoms with Crippen LogP contribution in [0.4, 0.5) is 10.1 Å². The molecule has 8 nitrogen and oxygen atoms in total. The van der Waals surface area contributed by atoms with Crippen LogP contribution in [0.1, 0.15) is 34.3 Å². The van der Waals surface area contributed by atoms with Gasteiger partial charge in [0.2, 0.25) is 11.8 Å². The second kappa shape index (κ2) is 9.98. The number of nitrogens with zero attached hydrogens (tertiary/aromatic N) is 4. The summed E-state index contributed by atoms with van der Waals surface area (Å²) in [5, 5.41) is 2.30. The average molecular weight is 514 g/mol. The van der Waals surface area contributed by atoms with Gasteiger partial charge in [0.15, 0.2) is 0 Å². The molecular formula is C29H28FN5O3. The number of fused-ring (bicyclic) bond motifs is 1. The number of benzene rings is 2. The second-order valence-electron chi connectivity index (χ2n) is 10.1. The summed E-state index contributed by atoms with van der Waals surface area (Å²) >= 11 is 0. The van der Waals surface area contributed by atoms with Gasteiger partial charge in [0.25, 0.3) is 5.91 Å². The van der Waals surface area contributed by atoms with Gasteiger partial charge in [-0.15, -0.1) is 0 Å². The highest BCUT2D eigenvalue weighted by atomic mass is 19.1. The van der Waals surface area contributed by atoms with Crippen molar-refractivity contribution in [3.05, 3.63) is 83.4 Å². The smallest absolute Gasteiger partial charge is 0.255 e. The van der Waals surface area contributed by atoms with E-state index in [1.807, 2.05) is 17.0 Å². The van der Waals surface area contributed by atoms with E-state index in [0.717, 1.165) is 30.8 Å². The Morgan fingerprint density at radius 3 is 2.50 bits per heavy atom. The predicted molar refractivity (Wildman–Crippen MR) is 140 cm³/mol. The molecule has 0 radical (unpaired) electrons. The molecule has 0 aliphatic carbocycles. The first-order chi connectivity index (χ1) is 18.5. The number of anilines is 1. The summed E-state index contributed by atoms with van der Waals surface area (Å²) in [6.07, 6.45) is 4.06. The number of pyridine rings is 1. The summed E-state index contributed by atoms with van der Waals surface area (Å²) in [7, 11) is 0. The number of rotatable bonds is 5. The Hall–Kier alpha value is -4.11. The number of amides is 3. The number of piperidine rings is 1. The summed E-state index contributed by atoms with van der Waals surface area (Å²) in [6, 6.07) is 14.8. The van der Waals surface area contributed by atoms with Gasteiger partial charge >= 0.3 is 0 Å². The molecule has 2 aromatic carbocycles. The molecule has 0 spiro atoms. The lowest BCUT2D eigenvalue weighted by molar-refractivity contribution is -0.136. The van der Waals surface area contributed by atoms with Gasteiger partial charge in [-0.3, -0.25) is 29.6 Å². The van der Waals surface area contributed by atoms with Gasteiger partial charge < -0.3 is 9.80 Å². The minimum atomic E-state index is -0.709. The molecular weight excluding hydrogens is 485 g/mol. The number of piperazine rings is 1. The molecule has 1 unspecified atom stereocenters. The number of imide groups is 1. The molecule has 3 aliphatic rings. The van der Waals surface area contributed by atoms with Crippen LogP contribution in [0.2, 0.25) is 0 Å². The Bertz CT molecular complexity index is 1400. The van der Waals surface area contributed by atoms with Crippen molar-refractivity contribution < 1.29 is 18.8 Å². The molecule has 2 fully saturated rings. The van der Waals surface area contributed by atoms with Crippen molar-refractivity contribution in [2.45, 2.75) is 32.0 Å². The van der Waals surface area contributed by atoms with Crippen molar-refractivity contribution in [3.8, 4) is 11.1 Å². The van der Waals surface area contributed by atoms with Crippen molar-refractivity contribution >= 4 is 23.4 Å². The quantitative estimate of drug-likeness (QED) is 0.528. The maximum Gasteiger partial charge on any atom is 0.255 e. The molecule has 38 heavy (non-hydrogen) atoms. The summed E-state index contributed by atoms with van der Waals surface area (Å²) in [4.78, 5) is 46.7. The van der Waals surface area contributed by atoms with Crippen LogP contribution in [0.25, 0.3) is 11.1 Å². The molecule has 1 atom stereocenters. The lowest BCUT2D eigenvalue weighted by Gasteiger charge is -2.36. The van der Waals surface area contributed by atoms with Crippen LogP contribution in [0.3, 0.4) is 0 Å². The normalized spacial score (nSPS) is 20.0. The molecule has 3 amide bonds. The van der Waals surface area contributed by atoms with Gasteiger partial charge in [-0.05, 0) is 59.0 Å². The first kappa shape index (κ1) is 24.2. The Balaban J connectivity index is 1.11. The van der Waals surface area contributed by atoms with E-state index in [9.17, 15) is 14.4 Å². The van der Waals surface area contributed by atoms with Crippen LogP contribution >= 0.6 is 0 Å². The maximum absolute atomic E-state index is 15.2. The Labute approximate surface area is 220 Å². The molecule has 194 valence electrons. The Kier molecular flexibility index (Phi) is 6.37. The van der Waals surface area contributed by atoms with Gasteiger partial charge in [0.05, 0.1) is 5.69 Å².